The number of nitrogens with one attached hydrogen (secondary N) is 1. The summed E-state index contributed by atoms with van der Waals surface area (Å²) in [4.78, 5) is 0. The number of hydrogen-bond acceptors (Lipinski definition) is 3. The molecular weight excluding hydrogens is 243 g/mol. The molecular formula is C15H19FN2O. The molecule has 102 valence electrons. The summed E-state index contributed by atoms with van der Waals surface area (Å²) in [5, 5.41) is 0. The molecule has 1 unspecified atom stereocenters. The van der Waals surface area contributed by atoms with Crippen LogP contribution in [0.15, 0.2) is 34.9 Å². The average molecular weight is 262 g/mol. The molecule has 0 aliphatic heterocycles. The van der Waals surface area contributed by atoms with Gasteiger partial charge in [-0.05, 0) is 42.7 Å². The lowest BCUT2D eigenvalue weighted by molar-refractivity contribution is 0.487. The minimum absolute atomic E-state index is 0.0298. The Balaban J connectivity index is 2.24. The normalized spacial score (nSPS) is 12.6. The van der Waals surface area contributed by atoms with Crippen molar-refractivity contribution in [1.82, 2.24) is 5.43 Å². The van der Waals surface area contributed by atoms with Crippen LogP contribution in [0.25, 0.3) is 0 Å². The largest absolute Gasteiger partial charge is 0.469 e. The number of rotatable bonds is 5. The van der Waals surface area contributed by atoms with Crippen LogP contribution in [0.1, 0.15) is 35.4 Å². The first-order valence-electron chi connectivity index (χ1n) is 6.43. The molecule has 1 heterocycles. The average Bonchev–Trinajstić information content (AvgIpc) is 2.86. The van der Waals surface area contributed by atoms with Crippen LogP contribution in [0.3, 0.4) is 0 Å². The maximum atomic E-state index is 13.1. The van der Waals surface area contributed by atoms with E-state index in [-0.39, 0.29) is 11.9 Å². The number of benzene rings is 1. The fraction of sp³-hybridized carbons (Fsp3) is 0.333. The highest BCUT2D eigenvalue weighted by Crippen LogP contribution is 2.24. The third-order valence-corrected chi connectivity index (χ3v) is 3.41. The highest BCUT2D eigenvalue weighted by molar-refractivity contribution is 5.30. The SMILES string of the molecule is CCc1occc1C(Cc1ccc(F)cc1C)NN. The van der Waals surface area contributed by atoms with Crippen molar-refractivity contribution >= 4 is 0 Å². The summed E-state index contributed by atoms with van der Waals surface area (Å²) in [6, 6.07) is 6.73. The predicted octanol–water partition coefficient (Wildman–Crippen LogP) is 3.04. The summed E-state index contributed by atoms with van der Waals surface area (Å²) in [6.07, 6.45) is 3.20. The van der Waals surface area contributed by atoms with E-state index in [0.29, 0.717) is 6.42 Å². The van der Waals surface area contributed by atoms with Gasteiger partial charge in [0.25, 0.3) is 0 Å². The van der Waals surface area contributed by atoms with E-state index in [2.05, 4.69) is 5.43 Å². The van der Waals surface area contributed by atoms with E-state index in [0.717, 1.165) is 28.9 Å². The smallest absolute Gasteiger partial charge is 0.123 e. The molecule has 1 aromatic carbocycles. The lowest BCUT2D eigenvalue weighted by Crippen LogP contribution is -2.30. The van der Waals surface area contributed by atoms with Gasteiger partial charge in [0.2, 0.25) is 0 Å². The van der Waals surface area contributed by atoms with E-state index in [9.17, 15) is 4.39 Å². The van der Waals surface area contributed by atoms with Crippen molar-refractivity contribution in [3.05, 3.63) is 58.8 Å². The maximum Gasteiger partial charge on any atom is 0.123 e. The summed E-state index contributed by atoms with van der Waals surface area (Å²) >= 11 is 0. The molecule has 3 nitrogen and oxygen atoms in total. The molecule has 1 atom stereocenters. The Labute approximate surface area is 112 Å². The second kappa shape index (κ2) is 5.99. The zero-order valence-corrected chi connectivity index (χ0v) is 11.2. The van der Waals surface area contributed by atoms with Crippen LogP contribution in [0, 0.1) is 12.7 Å². The van der Waals surface area contributed by atoms with Gasteiger partial charge in [-0.3, -0.25) is 11.3 Å². The molecule has 19 heavy (non-hydrogen) atoms. The monoisotopic (exact) mass is 262 g/mol. The summed E-state index contributed by atoms with van der Waals surface area (Å²) in [6.45, 7) is 3.95. The molecule has 0 bridgehead atoms. The van der Waals surface area contributed by atoms with Crippen LogP contribution < -0.4 is 11.3 Å². The molecule has 2 rings (SSSR count). The number of hydrogen-bond donors (Lipinski definition) is 2. The number of aryl methyl sites for hydroxylation is 2. The number of nitrogens with two attached hydrogens (primary N) is 1. The summed E-state index contributed by atoms with van der Waals surface area (Å²) in [5.41, 5.74) is 5.89. The quantitative estimate of drug-likeness (QED) is 0.643. The number of furan rings is 1. The van der Waals surface area contributed by atoms with Gasteiger partial charge in [0.1, 0.15) is 11.6 Å². The van der Waals surface area contributed by atoms with E-state index < -0.39 is 0 Å². The van der Waals surface area contributed by atoms with E-state index in [1.54, 1.807) is 18.4 Å². The highest BCUT2D eigenvalue weighted by Gasteiger charge is 2.17. The first-order valence-corrected chi connectivity index (χ1v) is 6.43. The van der Waals surface area contributed by atoms with Gasteiger partial charge in [-0.15, -0.1) is 0 Å². The summed E-state index contributed by atoms with van der Waals surface area (Å²) < 4.78 is 18.5. The van der Waals surface area contributed by atoms with Crippen molar-refractivity contribution in [3.8, 4) is 0 Å². The van der Waals surface area contributed by atoms with Crippen molar-refractivity contribution in [2.24, 2.45) is 5.84 Å². The van der Waals surface area contributed by atoms with Crippen molar-refractivity contribution in [1.29, 1.82) is 0 Å². The first-order chi connectivity index (χ1) is 9.15. The molecule has 2 aromatic rings. The van der Waals surface area contributed by atoms with Crippen LogP contribution in [-0.4, -0.2) is 0 Å². The minimum atomic E-state index is -0.212. The van der Waals surface area contributed by atoms with Gasteiger partial charge in [-0.1, -0.05) is 13.0 Å². The van der Waals surface area contributed by atoms with Crippen molar-refractivity contribution in [3.63, 3.8) is 0 Å². The third-order valence-electron chi connectivity index (χ3n) is 3.41. The van der Waals surface area contributed by atoms with Gasteiger partial charge >= 0.3 is 0 Å². The molecule has 0 amide bonds. The van der Waals surface area contributed by atoms with E-state index >= 15 is 0 Å². The molecule has 0 radical (unpaired) electrons. The molecule has 0 fully saturated rings. The van der Waals surface area contributed by atoms with Gasteiger partial charge in [0.15, 0.2) is 0 Å². The van der Waals surface area contributed by atoms with Gasteiger partial charge in [-0.2, -0.15) is 0 Å². The van der Waals surface area contributed by atoms with Crippen LogP contribution in [0.4, 0.5) is 4.39 Å². The second-order valence-corrected chi connectivity index (χ2v) is 4.65. The fourth-order valence-corrected chi connectivity index (χ4v) is 2.32. The second-order valence-electron chi connectivity index (χ2n) is 4.65. The Hall–Kier alpha value is -1.65. The third kappa shape index (κ3) is 3.03. The Morgan fingerprint density at radius 3 is 2.79 bits per heavy atom. The minimum Gasteiger partial charge on any atom is -0.469 e. The van der Waals surface area contributed by atoms with E-state index in [1.165, 1.54) is 6.07 Å². The van der Waals surface area contributed by atoms with Gasteiger partial charge in [0, 0.05) is 12.0 Å². The predicted molar refractivity (Wildman–Crippen MR) is 73.0 cm³/mol. The molecule has 0 spiro atoms. The Morgan fingerprint density at radius 2 is 2.16 bits per heavy atom. The van der Waals surface area contributed by atoms with Gasteiger partial charge in [0.05, 0.1) is 12.3 Å². The Morgan fingerprint density at radius 1 is 1.37 bits per heavy atom. The summed E-state index contributed by atoms with van der Waals surface area (Å²) in [5.74, 6) is 6.37. The van der Waals surface area contributed by atoms with Crippen LogP contribution in [0.5, 0.6) is 0 Å². The summed E-state index contributed by atoms with van der Waals surface area (Å²) in [7, 11) is 0. The maximum absolute atomic E-state index is 13.1. The molecule has 4 heteroatoms. The van der Waals surface area contributed by atoms with Gasteiger partial charge in [-0.25, -0.2) is 4.39 Å². The lowest BCUT2D eigenvalue weighted by Gasteiger charge is -2.17. The zero-order chi connectivity index (χ0) is 13.8. The number of hydrazine groups is 1. The standard InChI is InChI=1S/C15H19FN2O/c1-3-15-13(6-7-19-15)14(18-17)9-11-4-5-12(16)8-10(11)2/h4-8,14,18H,3,9,17H2,1-2H3. The molecule has 0 saturated carbocycles. The number of halogens is 1. The Kier molecular flexibility index (Phi) is 4.35. The molecule has 0 saturated heterocycles. The molecule has 1 aromatic heterocycles. The first kappa shape index (κ1) is 13.8. The van der Waals surface area contributed by atoms with Crippen LogP contribution in [-0.2, 0) is 12.8 Å². The van der Waals surface area contributed by atoms with Crippen molar-refractivity contribution in [2.45, 2.75) is 32.7 Å². The van der Waals surface area contributed by atoms with Crippen molar-refractivity contribution in [2.75, 3.05) is 0 Å². The Bertz CT molecular complexity index is 551. The van der Waals surface area contributed by atoms with Crippen LogP contribution in [0.2, 0.25) is 0 Å². The van der Waals surface area contributed by atoms with Crippen LogP contribution >= 0.6 is 0 Å². The fourth-order valence-electron chi connectivity index (χ4n) is 2.32. The van der Waals surface area contributed by atoms with Crippen molar-refractivity contribution < 1.29 is 8.81 Å². The van der Waals surface area contributed by atoms with E-state index in [4.69, 9.17) is 10.3 Å². The molecule has 0 aliphatic rings. The molecule has 0 aliphatic carbocycles. The van der Waals surface area contributed by atoms with E-state index in [1.807, 2.05) is 19.9 Å². The zero-order valence-electron chi connectivity index (χ0n) is 11.2. The van der Waals surface area contributed by atoms with Gasteiger partial charge < -0.3 is 4.42 Å². The molecule has 3 N–H and O–H groups in total. The lowest BCUT2D eigenvalue weighted by atomic mass is 9.96. The topological polar surface area (TPSA) is 51.2 Å². The highest BCUT2D eigenvalue weighted by atomic mass is 19.1.